The number of allylic oxidation sites excluding steroid dienone is 2. The normalized spacial score (nSPS) is 25.3. The van der Waals surface area contributed by atoms with Crippen LogP contribution in [0.25, 0.3) is 0 Å². The van der Waals surface area contributed by atoms with Gasteiger partial charge in [-0.3, -0.25) is 28.2 Å². The maximum atomic E-state index is 14.9. The summed E-state index contributed by atoms with van der Waals surface area (Å²) in [7, 11) is -5.81. The van der Waals surface area contributed by atoms with E-state index in [2.05, 4.69) is 46.8 Å². The first-order valence-corrected chi connectivity index (χ1v) is 48.8. The highest BCUT2D eigenvalue weighted by Gasteiger charge is 2.60. The summed E-state index contributed by atoms with van der Waals surface area (Å²) >= 11 is 0. The molecule has 10 N–H and O–H groups in total. The Labute approximate surface area is 705 Å². The Kier molecular flexibility index (Phi) is 64.4. The van der Waals surface area contributed by atoms with E-state index in [1.54, 1.807) is 0 Å². The highest BCUT2D eigenvalue weighted by atomic mass is 31.2. The number of rotatable bonds is 76. The number of esters is 4. The van der Waals surface area contributed by atoms with Crippen LogP contribution in [0.15, 0.2) is 12.2 Å². The lowest BCUT2D eigenvalue weighted by Crippen LogP contribution is -2.70. The second-order valence-electron chi connectivity index (χ2n) is 34.2. The number of aliphatic hydroxyl groups is 9. The van der Waals surface area contributed by atoms with E-state index in [4.69, 9.17) is 46.9 Å². The second-order valence-corrected chi connectivity index (χ2v) is 35.6. The molecule has 0 spiro atoms. The third kappa shape index (κ3) is 50.1. The van der Waals surface area contributed by atoms with Gasteiger partial charge in [0.15, 0.2) is 24.8 Å². The third-order valence-electron chi connectivity index (χ3n) is 23.4. The molecule has 117 heavy (non-hydrogen) atoms. The number of carbonyl (C=O) groups is 4. The standard InChI is InChI=1S/C91H169O25P/c1-6-10-14-18-22-25-28-31-32-33-36-39-41-44-52-58-64-76(95)110-71(67-107-74(93)62-56-51-47-46-49-55-61-70(5)60-54-48-21-17-13-9-4)68-109-117(105,106)116-89-87(114-90-84(103)80(99)78(97)72(66-92)111-90)83(102)82(101)86(113-77(96)65-59-53-45-42-38-35-30-27-24-20-16-12-8-3)88(89)115-91-85(104)81(100)79(98)73(112-91)69-108-75(94)63-57-50-43-40-37-34-29-26-23-19-15-11-7-2/h34,37,70-73,78-92,97-104H,6-33,35-36,38-69H2,1-5H3,(H,105,106)/b37-34-. The third-order valence-corrected chi connectivity index (χ3v) is 24.4. The summed E-state index contributed by atoms with van der Waals surface area (Å²) < 4.78 is 73.5. The van der Waals surface area contributed by atoms with E-state index in [9.17, 15) is 74.6 Å². The molecule has 19 unspecified atom stereocenters. The first-order chi connectivity index (χ1) is 56.6. The van der Waals surface area contributed by atoms with Crippen LogP contribution in [-0.2, 0) is 70.7 Å². The Hall–Kier alpha value is -2.79. The molecule has 2 saturated heterocycles. The average Bonchev–Trinajstić information content (AvgIpc) is 0.754. The maximum absolute atomic E-state index is 14.9. The lowest BCUT2D eigenvalue weighted by atomic mass is 9.84. The van der Waals surface area contributed by atoms with Crippen LogP contribution in [0.2, 0.25) is 0 Å². The highest BCUT2D eigenvalue weighted by Crippen LogP contribution is 2.49. The molecule has 0 radical (unpaired) electrons. The molecule has 25 nitrogen and oxygen atoms in total. The van der Waals surface area contributed by atoms with Crippen molar-refractivity contribution in [2.45, 2.75) is 511 Å². The Morgan fingerprint density at radius 1 is 0.359 bits per heavy atom. The Balaban J connectivity index is 1.92. The fourth-order valence-electron chi connectivity index (χ4n) is 15.8. The molecule has 0 aromatic heterocycles. The van der Waals surface area contributed by atoms with E-state index in [1.165, 1.54) is 186 Å². The van der Waals surface area contributed by atoms with Crippen LogP contribution < -0.4 is 0 Å². The number of carbonyl (C=O) groups excluding carboxylic acids is 4. The molecule has 3 aliphatic rings. The summed E-state index contributed by atoms with van der Waals surface area (Å²) in [6, 6.07) is 0. The van der Waals surface area contributed by atoms with Gasteiger partial charge in [0.1, 0.15) is 92.6 Å². The van der Waals surface area contributed by atoms with Crippen LogP contribution in [0.4, 0.5) is 0 Å². The van der Waals surface area contributed by atoms with Gasteiger partial charge in [-0.05, 0) is 57.3 Å². The molecule has 1 aliphatic carbocycles. The van der Waals surface area contributed by atoms with E-state index in [0.717, 1.165) is 122 Å². The molecular weight excluding hydrogens is 1520 g/mol. The minimum atomic E-state index is -5.81. The van der Waals surface area contributed by atoms with E-state index >= 15 is 0 Å². The predicted octanol–water partition coefficient (Wildman–Crippen LogP) is 17.4. The molecule has 26 heteroatoms. The predicted molar refractivity (Wildman–Crippen MR) is 453 cm³/mol. The van der Waals surface area contributed by atoms with Gasteiger partial charge in [0.25, 0.3) is 0 Å². The van der Waals surface area contributed by atoms with Crippen LogP contribution in [0.5, 0.6) is 0 Å². The Morgan fingerprint density at radius 3 is 1.11 bits per heavy atom. The molecule has 1 saturated carbocycles. The summed E-state index contributed by atoms with van der Waals surface area (Å²) in [5, 5.41) is 102. The number of phosphoric acid groups is 1. The molecule has 0 bridgehead atoms. The molecular formula is C91H169O25P. The minimum absolute atomic E-state index is 0.00469. The van der Waals surface area contributed by atoms with Gasteiger partial charge in [-0.15, -0.1) is 0 Å². The molecule has 688 valence electrons. The van der Waals surface area contributed by atoms with Gasteiger partial charge in [0, 0.05) is 25.7 Å². The van der Waals surface area contributed by atoms with Crippen molar-refractivity contribution in [3.63, 3.8) is 0 Å². The first kappa shape index (κ1) is 108. The van der Waals surface area contributed by atoms with Gasteiger partial charge < -0.3 is 88.7 Å². The smallest absolute Gasteiger partial charge is 0.463 e. The van der Waals surface area contributed by atoms with Gasteiger partial charge in [0.05, 0.1) is 13.2 Å². The van der Waals surface area contributed by atoms with Crippen molar-refractivity contribution in [3.8, 4) is 0 Å². The van der Waals surface area contributed by atoms with Crippen LogP contribution >= 0.6 is 7.82 Å². The van der Waals surface area contributed by atoms with Gasteiger partial charge in [-0.1, -0.05) is 342 Å². The van der Waals surface area contributed by atoms with E-state index in [0.29, 0.717) is 44.4 Å². The fraction of sp³-hybridized carbons (Fsp3) is 0.934. The number of hydrogen-bond acceptors (Lipinski definition) is 24. The van der Waals surface area contributed by atoms with Crippen molar-refractivity contribution in [1.29, 1.82) is 0 Å². The summed E-state index contributed by atoms with van der Waals surface area (Å²) in [4.78, 5) is 66.5. The summed E-state index contributed by atoms with van der Waals surface area (Å²) in [5.74, 6) is -2.28. The summed E-state index contributed by atoms with van der Waals surface area (Å²) in [5.41, 5.74) is 0. The Morgan fingerprint density at radius 2 is 0.692 bits per heavy atom. The Bertz CT molecular complexity index is 2500. The van der Waals surface area contributed by atoms with Gasteiger partial charge in [-0.2, -0.15) is 0 Å². The molecule has 3 rings (SSSR count). The van der Waals surface area contributed by atoms with Gasteiger partial charge in [-0.25, -0.2) is 4.57 Å². The largest absolute Gasteiger partial charge is 0.472 e. The van der Waals surface area contributed by atoms with E-state index in [1.807, 2.05) is 0 Å². The molecule has 3 fully saturated rings. The molecule has 0 aromatic carbocycles. The lowest BCUT2D eigenvalue weighted by Gasteiger charge is -2.50. The lowest BCUT2D eigenvalue weighted by molar-refractivity contribution is -0.360. The molecule has 2 aliphatic heterocycles. The van der Waals surface area contributed by atoms with Crippen molar-refractivity contribution in [3.05, 3.63) is 12.2 Å². The number of phosphoric ester groups is 1. The summed E-state index contributed by atoms with van der Waals surface area (Å²) in [6.07, 6.45) is 26.4. The topological polar surface area (TPSA) is 380 Å². The number of aliphatic hydroxyl groups excluding tert-OH is 9. The van der Waals surface area contributed by atoms with Crippen LogP contribution in [-0.4, -0.2) is 205 Å². The van der Waals surface area contributed by atoms with Gasteiger partial charge >= 0.3 is 31.7 Å². The van der Waals surface area contributed by atoms with Crippen molar-refractivity contribution >= 4 is 31.7 Å². The number of hydrogen-bond donors (Lipinski definition) is 10. The van der Waals surface area contributed by atoms with Crippen molar-refractivity contribution in [2.24, 2.45) is 5.92 Å². The second kappa shape index (κ2) is 69.5. The number of unbranched alkanes of at least 4 members (excludes halogenated alkanes) is 46. The quantitative estimate of drug-likeness (QED) is 0.00889. The van der Waals surface area contributed by atoms with E-state index in [-0.39, 0.29) is 25.7 Å². The molecule has 0 aromatic rings. The average molecular weight is 1690 g/mol. The zero-order valence-corrected chi connectivity index (χ0v) is 74.3. The van der Waals surface area contributed by atoms with Crippen LogP contribution in [0.1, 0.15) is 407 Å². The van der Waals surface area contributed by atoms with Gasteiger partial charge in [0.2, 0.25) is 0 Å². The van der Waals surface area contributed by atoms with Crippen LogP contribution in [0.3, 0.4) is 0 Å². The van der Waals surface area contributed by atoms with E-state index < -0.39 is 162 Å². The molecule has 0 amide bonds. The fourth-order valence-corrected chi connectivity index (χ4v) is 16.8. The zero-order valence-electron chi connectivity index (χ0n) is 73.4. The number of ether oxygens (including phenoxy) is 8. The highest BCUT2D eigenvalue weighted by molar-refractivity contribution is 7.47. The monoisotopic (exact) mass is 1690 g/mol. The van der Waals surface area contributed by atoms with Crippen molar-refractivity contribution in [1.82, 2.24) is 0 Å². The molecule has 19 atom stereocenters. The first-order valence-electron chi connectivity index (χ1n) is 47.3. The maximum Gasteiger partial charge on any atom is 0.472 e. The zero-order chi connectivity index (χ0) is 85.5. The SMILES string of the molecule is CCCCCCCC/C=C\CCCCCC(=O)OCC1OC(OC2C(OC(=O)CCCCCCCCCCCCCCC)C(O)C(O)C(OC3OC(CO)C(O)C(O)C3O)C2OP(=O)(O)OCC(COC(=O)CCCCCCCCC(C)CCCCCCCC)OC(=O)CCCCCCCCCCCCCCCCCC)C(O)C(O)C1O. The van der Waals surface area contributed by atoms with Crippen molar-refractivity contribution < 1.29 is 122 Å². The van der Waals surface area contributed by atoms with Crippen molar-refractivity contribution in [2.75, 3.05) is 26.4 Å². The molecule has 2 heterocycles. The van der Waals surface area contributed by atoms with Crippen LogP contribution in [0, 0.1) is 5.92 Å². The summed E-state index contributed by atoms with van der Waals surface area (Å²) in [6.45, 7) is 7.92. The minimum Gasteiger partial charge on any atom is -0.463 e.